The number of methoxy groups -OCH3 is 1. The second-order valence-electron chi connectivity index (χ2n) is 4.78. The van der Waals surface area contributed by atoms with Gasteiger partial charge in [-0.2, -0.15) is 0 Å². The molecule has 126 valence electrons. The molecule has 0 unspecified atom stereocenters. The van der Waals surface area contributed by atoms with Crippen molar-refractivity contribution in [1.82, 2.24) is 0 Å². The number of ether oxygens (including phenoxy) is 2. The highest BCUT2D eigenvalue weighted by Gasteiger charge is 2.14. The summed E-state index contributed by atoms with van der Waals surface area (Å²) in [4.78, 5) is 15.3. The maximum Gasteiger partial charge on any atom is 0.308 e. The number of carbonyl (C=O) groups is 1. The van der Waals surface area contributed by atoms with Crippen LogP contribution in [0.4, 0.5) is 15.8 Å². The van der Waals surface area contributed by atoms with Gasteiger partial charge in [-0.05, 0) is 24.3 Å². The second-order valence-corrected chi connectivity index (χ2v) is 5.19. The molecule has 0 bridgehead atoms. The lowest BCUT2D eigenvalue weighted by molar-refractivity contribution is -0.132. The van der Waals surface area contributed by atoms with Crippen LogP contribution >= 0.6 is 11.6 Å². The first-order chi connectivity index (χ1) is 11.3. The summed E-state index contributed by atoms with van der Waals surface area (Å²) in [5, 5.41) is -0.0765. The monoisotopic (exact) mass is 351 g/mol. The Morgan fingerprint density at radius 1 is 1.25 bits per heavy atom. The predicted octanol–water partition coefficient (Wildman–Crippen LogP) is 3.03. The first-order valence-corrected chi connectivity index (χ1v) is 7.15. The Morgan fingerprint density at radius 2 is 1.96 bits per heavy atom. The van der Waals surface area contributed by atoms with Crippen LogP contribution in [0, 0.1) is 5.82 Å². The Hall–Kier alpha value is -2.80. The summed E-state index contributed by atoms with van der Waals surface area (Å²) in [6.45, 7) is 1.26. The molecule has 0 saturated carbocycles. The zero-order chi connectivity index (χ0) is 17.9. The fourth-order valence-electron chi connectivity index (χ4n) is 1.95. The third-order valence-corrected chi connectivity index (χ3v) is 3.31. The quantitative estimate of drug-likeness (QED) is 0.290. The minimum absolute atomic E-state index is 0.0474. The summed E-state index contributed by atoms with van der Waals surface area (Å²) < 4.78 is 23.4. The van der Waals surface area contributed by atoms with Crippen LogP contribution in [-0.2, 0) is 4.79 Å². The van der Waals surface area contributed by atoms with Gasteiger partial charge < -0.3 is 20.9 Å². The number of carbonyl (C=O) groups excluding carboxylic acids is 1. The molecule has 0 aliphatic rings. The average Bonchev–Trinajstić information content (AvgIpc) is 2.51. The number of benzene rings is 2. The van der Waals surface area contributed by atoms with Gasteiger partial charge in [0.15, 0.2) is 11.5 Å². The number of amidine groups is 1. The van der Waals surface area contributed by atoms with Gasteiger partial charge in [0.25, 0.3) is 0 Å². The van der Waals surface area contributed by atoms with Crippen molar-refractivity contribution in [2.24, 2.45) is 10.7 Å². The SMILES string of the molecule is COc1cc(N)c(C(N)=Nc2ccc(F)c(Cl)c2)cc1OC(C)=O. The number of halogens is 2. The first kappa shape index (κ1) is 17.6. The maximum atomic E-state index is 13.2. The molecular weight excluding hydrogens is 337 g/mol. The fraction of sp³-hybridized carbons (Fsp3) is 0.125. The summed E-state index contributed by atoms with van der Waals surface area (Å²) in [7, 11) is 1.42. The number of esters is 1. The van der Waals surface area contributed by atoms with Crippen molar-refractivity contribution in [3.63, 3.8) is 0 Å². The zero-order valence-corrected chi connectivity index (χ0v) is 13.7. The molecule has 0 aliphatic carbocycles. The topological polar surface area (TPSA) is 99.9 Å². The largest absolute Gasteiger partial charge is 0.493 e. The standard InChI is InChI=1S/C16H15ClFN3O3/c1-8(22)24-15-6-10(13(19)7-14(15)23-2)16(20)21-9-3-4-12(18)11(17)5-9/h3-7H,19H2,1-2H3,(H2,20,21). The second kappa shape index (κ2) is 7.18. The van der Waals surface area contributed by atoms with Crippen LogP contribution < -0.4 is 20.9 Å². The number of nitrogen functional groups attached to an aromatic ring is 1. The van der Waals surface area contributed by atoms with Gasteiger partial charge in [0.05, 0.1) is 17.8 Å². The van der Waals surface area contributed by atoms with E-state index in [0.29, 0.717) is 11.3 Å². The minimum atomic E-state index is -0.560. The molecule has 0 aromatic heterocycles. The van der Waals surface area contributed by atoms with Crippen molar-refractivity contribution in [3.05, 3.63) is 46.7 Å². The number of rotatable bonds is 4. The first-order valence-electron chi connectivity index (χ1n) is 6.77. The lowest BCUT2D eigenvalue weighted by Crippen LogP contribution is -2.16. The molecule has 0 aliphatic heterocycles. The number of nitrogens with two attached hydrogens (primary N) is 2. The molecular formula is C16H15ClFN3O3. The Balaban J connectivity index is 2.47. The van der Waals surface area contributed by atoms with Crippen LogP contribution in [0.15, 0.2) is 35.3 Å². The van der Waals surface area contributed by atoms with Gasteiger partial charge in [-0.1, -0.05) is 11.6 Å². The smallest absolute Gasteiger partial charge is 0.308 e. The number of aliphatic imine (C=N–C) groups is 1. The highest BCUT2D eigenvalue weighted by molar-refractivity contribution is 6.31. The average molecular weight is 352 g/mol. The van der Waals surface area contributed by atoms with Crippen LogP contribution in [0.25, 0.3) is 0 Å². The molecule has 0 atom stereocenters. The van der Waals surface area contributed by atoms with Crippen LogP contribution in [0.1, 0.15) is 12.5 Å². The lowest BCUT2D eigenvalue weighted by Gasteiger charge is -2.12. The van der Waals surface area contributed by atoms with Crippen LogP contribution in [-0.4, -0.2) is 18.9 Å². The van der Waals surface area contributed by atoms with Crippen molar-refractivity contribution in [3.8, 4) is 11.5 Å². The maximum absolute atomic E-state index is 13.2. The Bertz CT molecular complexity index is 824. The zero-order valence-electron chi connectivity index (χ0n) is 13.0. The summed E-state index contributed by atoms with van der Waals surface area (Å²) >= 11 is 5.71. The highest BCUT2D eigenvalue weighted by Crippen LogP contribution is 2.33. The van der Waals surface area contributed by atoms with E-state index < -0.39 is 11.8 Å². The van der Waals surface area contributed by atoms with Crippen LogP contribution in [0.2, 0.25) is 5.02 Å². The molecule has 0 heterocycles. The lowest BCUT2D eigenvalue weighted by atomic mass is 10.1. The summed E-state index contributed by atoms with van der Waals surface area (Å²) in [5.41, 5.74) is 12.9. The molecule has 6 nitrogen and oxygen atoms in total. The molecule has 2 rings (SSSR count). The van der Waals surface area contributed by atoms with E-state index in [0.717, 1.165) is 0 Å². The minimum Gasteiger partial charge on any atom is -0.493 e. The third-order valence-electron chi connectivity index (χ3n) is 3.02. The molecule has 0 fully saturated rings. The van der Waals surface area contributed by atoms with Crippen LogP contribution in [0.3, 0.4) is 0 Å². The van der Waals surface area contributed by atoms with Crippen LogP contribution in [0.5, 0.6) is 11.5 Å². The number of hydrogen-bond acceptors (Lipinski definition) is 5. The van der Waals surface area contributed by atoms with E-state index in [1.165, 1.54) is 44.4 Å². The van der Waals surface area contributed by atoms with E-state index in [9.17, 15) is 9.18 Å². The van der Waals surface area contributed by atoms with E-state index >= 15 is 0 Å². The van der Waals surface area contributed by atoms with Gasteiger partial charge in [0, 0.05) is 24.2 Å². The van der Waals surface area contributed by atoms with Crippen molar-refractivity contribution in [1.29, 1.82) is 0 Å². The Labute approximate surface area is 142 Å². The summed E-state index contributed by atoms with van der Waals surface area (Å²) in [5.74, 6) is -0.597. The molecule has 0 radical (unpaired) electrons. The normalized spacial score (nSPS) is 11.2. The predicted molar refractivity (Wildman–Crippen MR) is 90.5 cm³/mol. The van der Waals surface area contributed by atoms with Crippen molar-refractivity contribution in [2.45, 2.75) is 6.92 Å². The highest BCUT2D eigenvalue weighted by atomic mass is 35.5. The molecule has 2 aromatic rings. The van der Waals surface area contributed by atoms with Gasteiger partial charge in [-0.25, -0.2) is 9.38 Å². The van der Waals surface area contributed by atoms with Gasteiger partial charge in [0.2, 0.25) is 0 Å². The Kier molecular flexibility index (Phi) is 5.25. The number of anilines is 1. The fourth-order valence-corrected chi connectivity index (χ4v) is 2.12. The van der Waals surface area contributed by atoms with Gasteiger partial charge in [-0.3, -0.25) is 4.79 Å². The molecule has 0 amide bonds. The van der Waals surface area contributed by atoms with E-state index in [1.54, 1.807) is 0 Å². The number of nitrogens with zero attached hydrogens (tertiary/aromatic N) is 1. The molecule has 2 aromatic carbocycles. The Morgan fingerprint density at radius 3 is 2.54 bits per heavy atom. The van der Waals surface area contributed by atoms with E-state index in [4.69, 9.17) is 32.5 Å². The van der Waals surface area contributed by atoms with E-state index in [2.05, 4.69) is 4.99 Å². The summed E-state index contributed by atoms with van der Waals surface area (Å²) in [6, 6.07) is 6.83. The third kappa shape index (κ3) is 3.94. The number of hydrogen-bond donors (Lipinski definition) is 2. The van der Waals surface area contributed by atoms with Gasteiger partial charge in [-0.15, -0.1) is 0 Å². The van der Waals surface area contributed by atoms with Gasteiger partial charge >= 0.3 is 5.97 Å². The van der Waals surface area contributed by atoms with E-state index in [-0.39, 0.29) is 28.0 Å². The summed E-state index contributed by atoms with van der Waals surface area (Å²) in [6.07, 6.45) is 0. The van der Waals surface area contributed by atoms with Crippen molar-refractivity contribution >= 4 is 34.8 Å². The van der Waals surface area contributed by atoms with E-state index in [1.807, 2.05) is 0 Å². The van der Waals surface area contributed by atoms with Crippen molar-refractivity contribution in [2.75, 3.05) is 12.8 Å². The molecule has 0 spiro atoms. The van der Waals surface area contributed by atoms with Gasteiger partial charge in [0.1, 0.15) is 11.7 Å². The molecule has 0 saturated heterocycles. The molecule has 8 heteroatoms. The molecule has 24 heavy (non-hydrogen) atoms. The molecule has 4 N–H and O–H groups in total. The van der Waals surface area contributed by atoms with Crippen molar-refractivity contribution < 1.29 is 18.7 Å².